The van der Waals surface area contributed by atoms with Crippen LogP contribution in [0, 0.1) is 6.92 Å². The first kappa shape index (κ1) is 12.2. The lowest BCUT2D eigenvalue weighted by molar-refractivity contribution is 0.0999. The Bertz CT molecular complexity index is 742. The van der Waals surface area contributed by atoms with Gasteiger partial charge in [0.2, 0.25) is 0 Å². The number of carbonyl (C=O) groups excluding carboxylic acids is 1. The Morgan fingerprint density at radius 1 is 1.10 bits per heavy atom. The first-order chi connectivity index (χ1) is 9.68. The molecule has 20 heavy (non-hydrogen) atoms. The van der Waals surface area contributed by atoms with Crippen LogP contribution in [0.5, 0.6) is 0 Å². The molecule has 100 valence electrons. The molecule has 0 saturated heterocycles. The number of aromatic nitrogens is 3. The number of para-hydroxylation sites is 1. The largest absolute Gasteiger partial charge is 0.365 e. The fraction of sp³-hybridized carbons (Fsp3) is 0.0667. The molecule has 0 aliphatic rings. The molecule has 1 aromatic carbocycles. The maximum Gasteiger partial charge on any atom is 0.254 e. The number of nitrogens with two attached hydrogens (primary N) is 1. The summed E-state index contributed by atoms with van der Waals surface area (Å²) >= 11 is 0. The predicted molar refractivity (Wildman–Crippen MR) is 76.1 cm³/mol. The van der Waals surface area contributed by atoms with Crippen LogP contribution in [0.3, 0.4) is 0 Å². The summed E-state index contributed by atoms with van der Waals surface area (Å²) in [7, 11) is 0. The highest BCUT2D eigenvalue weighted by Crippen LogP contribution is 2.22. The number of amides is 1. The smallest absolute Gasteiger partial charge is 0.254 e. The fourth-order valence-corrected chi connectivity index (χ4v) is 2.27. The third kappa shape index (κ3) is 1.89. The summed E-state index contributed by atoms with van der Waals surface area (Å²) in [5.41, 5.74) is 7.44. The van der Waals surface area contributed by atoms with Crippen molar-refractivity contribution < 1.29 is 4.79 Å². The molecule has 0 radical (unpaired) electrons. The van der Waals surface area contributed by atoms with Crippen molar-refractivity contribution in [2.45, 2.75) is 6.92 Å². The molecule has 1 amide bonds. The van der Waals surface area contributed by atoms with Crippen molar-refractivity contribution in [3.63, 3.8) is 0 Å². The van der Waals surface area contributed by atoms with Crippen LogP contribution < -0.4 is 5.73 Å². The second-order valence-electron chi connectivity index (χ2n) is 4.49. The molecular formula is C15H14N4O. The van der Waals surface area contributed by atoms with Crippen molar-refractivity contribution >= 4 is 5.91 Å². The van der Waals surface area contributed by atoms with Crippen LogP contribution >= 0.6 is 0 Å². The number of aryl methyl sites for hydroxylation is 1. The molecule has 0 bridgehead atoms. The summed E-state index contributed by atoms with van der Waals surface area (Å²) in [5.74, 6) is 0.180. The zero-order chi connectivity index (χ0) is 14.1. The van der Waals surface area contributed by atoms with Crippen molar-refractivity contribution in [2.75, 3.05) is 0 Å². The highest BCUT2D eigenvalue weighted by atomic mass is 16.1. The van der Waals surface area contributed by atoms with Gasteiger partial charge in [-0.05, 0) is 31.2 Å². The van der Waals surface area contributed by atoms with Crippen LogP contribution in [0.4, 0.5) is 0 Å². The van der Waals surface area contributed by atoms with Gasteiger partial charge >= 0.3 is 0 Å². The van der Waals surface area contributed by atoms with E-state index in [4.69, 9.17) is 5.73 Å². The zero-order valence-corrected chi connectivity index (χ0v) is 11.0. The van der Waals surface area contributed by atoms with E-state index >= 15 is 0 Å². The summed E-state index contributed by atoms with van der Waals surface area (Å²) < 4.78 is 3.57. The van der Waals surface area contributed by atoms with E-state index in [0.29, 0.717) is 17.1 Å². The Kier molecular flexibility index (Phi) is 2.87. The predicted octanol–water partition coefficient (Wildman–Crippen LogP) is 2.07. The summed E-state index contributed by atoms with van der Waals surface area (Å²) in [6.07, 6.45) is 3.73. The van der Waals surface area contributed by atoms with Gasteiger partial charge in [0.15, 0.2) is 5.82 Å². The average molecular weight is 266 g/mol. The minimum Gasteiger partial charge on any atom is -0.365 e. The molecule has 0 aliphatic carbocycles. The Morgan fingerprint density at radius 2 is 1.75 bits per heavy atom. The van der Waals surface area contributed by atoms with Crippen molar-refractivity contribution in [2.24, 2.45) is 5.73 Å². The van der Waals surface area contributed by atoms with E-state index in [-0.39, 0.29) is 0 Å². The summed E-state index contributed by atoms with van der Waals surface area (Å²) in [5, 5.41) is 4.45. The van der Waals surface area contributed by atoms with Gasteiger partial charge in [-0.2, -0.15) is 5.10 Å². The van der Waals surface area contributed by atoms with Gasteiger partial charge in [-0.1, -0.05) is 18.2 Å². The van der Waals surface area contributed by atoms with E-state index < -0.39 is 5.91 Å². The molecule has 0 unspecified atom stereocenters. The minimum atomic E-state index is -0.478. The van der Waals surface area contributed by atoms with Crippen LogP contribution in [0.1, 0.15) is 16.1 Å². The monoisotopic (exact) mass is 266 g/mol. The Morgan fingerprint density at radius 3 is 2.35 bits per heavy atom. The molecule has 0 spiro atoms. The van der Waals surface area contributed by atoms with E-state index in [1.807, 2.05) is 59.4 Å². The third-order valence-electron chi connectivity index (χ3n) is 3.13. The lowest BCUT2D eigenvalue weighted by atomic mass is 10.2. The number of hydrogen-bond donors (Lipinski definition) is 1. The molecule has 0 fully saturated rings. The van der Waals surface area contributed by atoms with Crippen LogP contribution in [-0.4, -0.2) is 20.3 Å². The maximum atomic E-state index is 11.7. The topological polar surface area (TPSA) is 65.8 Å². The van der Waals surface area contributed by atoms with E-state index in [9.17, 15) is 4.79 Å². The fourth-order valence-electron chi connectivity index (χ4n) is 2.27. The second-order valence-corrected chi connectivity index (χ2v) is 4.49. The highest BCUT2D eigenvalue weighted by Gasteiger charge is 2.21. The van der Waals surface area contributed by atoms with Gasteiger partial charge in [-0.3, -0.25) is 4.79 Å². The number of benzene rings is 1. The molecule has 5 nitrogen and oxygen atoms in total. The molecular weight excluding hydrogens is 252 g/mol. The van der Waals surface area contributed by atoms with Gasteiger partial charge in [0.25, 0.3) is 5.91 Å². The first-order valence-corrected chi connectivity index (χ1v) is 6.26. The molecule has 2 heterocycles. The molecule has 3 aromatic rings. The zero-order valence-electron chi connectivity index (χ0n) is 11.0. The molecule has 0 saturated carbocycles. The van der Waals surface area contributed by atoms with Gasteiger partial charge in [-0.25, -0.2) is 4.68 Å². The van der Waals surface area contributed by atoms with Crippen LogP contribution in [0.25, 0.3) is 11.5 Å². The normalized spacial score (nSPS) is 10.7. The van der Waals surface area contributed by atoms with Gasteiger partial charge < -0.3 is 10.3 Å². The summed E-state index contributed by atoms with van der Waals surface area (Å²) in [6, 6.07) is 13.4. The quantitative estimate of drug-likeness (QED) is 0.788. The SMILES string of the molecule is Cc1nn(-c2ccccc2)c(-n2cccc2)c1C(N)=O. The van der Waals surface area contributed by atoms with Gasteiger partial charge in [-0.15, -0.1) is 0 Å². The molecule has 2 N–H and O–H groups in total. The van der Waals surface area contributed by atoms with E-state index in [2.05, 4.69) is 5.10 Å². The Labute approximate surface area is 116 Å². The number of rotatable bonds is 3. The Hall–Kier alpha value is -2.82. The lowest BCUT2D eigenvalue weighted by Gasteiger charge is -2.09. The third-order valence-corrected chi connectivity index (χ3v) is 3.13. The molecule has 3 rings (SSSR count). The van der Waals surface area contributed by atoms with E-state index in [1.165, 1.54) is 0 Å². The Balaban J connectivity index is 2.31. The molecule has 0 atom stereocenters. The average Bonchev–Trinajstić information content (AvgIpc) is 3.06. The number of hydrogen-bond acceptors (Lipinski definition) is 2. The van der Waals surface area contributed by atoms with Crippen molar-refractivity contribution in [3.8, 4) is 11.5 Å². The van der Waals surface area contributed by atoms with E-state index in [0.717, 1.165) is 5.69 Å². The maximum absolute atomic E-state index is 11.7. The standard InChI is InChI=1S/C15H14N4O/c1-11-13(14(16)20)15(18-9-5-6-10-18)19(17-11)12-7-3-2-4-8-12/h2-10H,1H3,(H2,16,20). The van der Waals surface area contributed by atoms with Crippen molar-refractivity contribution in [1.29, 1.82) is 0 Å². The van der Waals surface area contributed by atoms with Crippen LogP contribution in [-0.2, 0) is 0 Å². The van der Waals surface area contributed by atoms with Gasteiger partial charge in [0.05, 0.1) is 11.4 Å². The number of nitrogens with zero attached hydrogens (tertiary/aromatic N) is 3. The highest BCUT2D eigenvalue weighted by molar-refractivity contribution is 5.97. The van der Waals surface area contributed by atoms with Gasteiger partial charge in [0.1, 0.15) is 5.56 Å². The minimum absolute atomic E-state index is 0.435. The van der Waals surface area contributed by atoms with Crippen LogP contribution in [0.15, 0.2) is 54.9 Å². The second kappa shape index (κ2) is 4.70. The van der Waals surface area contributed by atoms with Crippen LogP contribution in [0.2, 0.25) is 0 Å². The first-order valence-electron chi connectivity index (χ1n) is 6.26. The van der Waals surface area contributed by atoms with E-state index in [1.54, 1.807) is 11.6 Å². The number of carbonyl (C=O) groups is 1. The van der Waals surface area contributed by atoms with Crippen molar-refractivity contribution in [1.82, 2.24) is 14.3 Å². The van der Waals surface area contributed by atoms with Crippen molar-refractivity contribution in [3.05, 3.63) is 66.1 Å². The lowest BCUT2D eigenvalue weighted by Crippen LogP contribution is -2.15. The molecule has 5 heteroatoms. The summed E-state index contributed by atoms with van der Waals surface area (Å²) in [4.78, 5) is 11.7. The molecule has 0 aliphatic heterocycles. The summed E-state index contributed by atoms with van der Waals surface area (Å²) in [6.45, 7) is 1.78. The van der Waals surface area contributed by atoms with Gasteiger partial charge in [0, 0.05) is 12.4 Å². The number of primary amides is 1. The molecule has 2 aromatic heterocycles.